The Labute approximate surface area is 130 Å². The van der Waals surface area contributed by atoms with Crippen molar-refractivity contribution in [1.82, 2.24) is 15.6 Å². The molecule has 0 unspecified atom stereocenters. The number of nitrogens with one attached hydrogen (secondary N) is 3. The molecular formula is C12H14F3N3O4S. The molecule has 0 radical (unpaired) electrons. The van der Waals surface area contributed by atoms with Gasteiger partial charge in [0.2, 0.25) is 0 Å². The van der Waals surface area contributed by atoms with Crippen molar-refractivity contribution in [2.75, 3.05) is 0 Å². The molecule has 0 heterocycles. The van der Waals surface area contributed by atoms with Crippen molar-refractivity contribution in [3.05, 3.63) is 29.8 Å². The minimum atomic E-state index is -4.90. The van der Waals surface area contributed by atoms with Gasteiger partial charge in [-0.15, -0.1) is 4.83 Å². The second-order valence-corrected chi connectivity index (χ2v) is 6.33. The molecular weight excluding hydrogens is 339 g/mol. The molecule has 1 aromatic carbocycles. The summed E-state index contributed by atoms with van der Waals surface area (Å²) in [5.74, 6) is -2.49. The number of amides is 2. The van der Waals surface area contributed by atoms with Gasteiger partial charge in [-0.05, 0) is 26.0 Å². The maximum atomic E-state index is 12.8. The van der Waals surface area contributed by atoms with Gasteiger partial charge in [-0.1, -0.05) is 12.1 Å². The number of rotatable bonds is 4. The van der Waals surface area contributed by atoms with E-state index in [9.17, 15) is 31.2 Å². The van der Waals surface area contributed by atoms with E-state index in [0.29, 0.717) is 6.07 Å². The Hall–Kier alpha value is -2.14. The number of hydrogen-bond donors (Lipinski definition) is 3. The van der Waals surface area contributed by atoms with Crippen molar-refractivity contribution < 1.29 is 31.2 Å². The summed E-state index contributed by atoms with van der Waals surface area (Å²) in [6.07, 6.45) is -4.90. The van der Waals surface area contributed by atoms with Gasteiger partial charge in [0, 0.05) is 6.04 Å². The first kappa shape index (κ1) is 18.9. The standard InChI is InChI=1S/C12H14F3N3O4S/c1-7(2)16-10(19)11(20)17-18-23(21,22)9-6-4-3-5-8(9)12(13,14)15/h3-7,18H,1-2H3,(H,16,19)(H,17,20). The number of carbonyl (C=O) groups excluding carboxylic acids is 2. The highest BCUT2D eigenvalue weighted by atomic mass is 32.2. The summed E-state index contributed by atoms with van der Waals surface area (Å²) in [7, 11) is -4.71. The largest absolute Gasteiger partial charge is 0.417 e. The second kappa shape index (κ2) is 6.96. The van der Waals surface area contributed by atoms with Gasteiger partial charge in [0.1, 0.15) is 0 Å². The molecule has 0 saturated carbocycles. The fourth-order valence-corrected chi connectivity index (χ4v) is 2.56. The predicted octanol–water partition coefficient (Wildman–Crippen LogP) is 0.540. The van der Waals surface area contributed by atoms with Crippen LogP contribution in [0.15, 0.2) is 29.2 Å². The van der Waals surface area contributed by atoms with Crippen LogP contribution in [0.3, 0.4) is 0 Å². The number of alkyl halides is 3. The highest BCUT2D eigenvalue weighted by Gasteiger charge is 2.37. The quantitative estimate of drug-likeness (QED) is 0.543. The van der Waals surface area contributed by atoms with E-state index in [1.165, 1.54) is 4.83 Å². The molecule has 7 nitrogen and oxygen atoms in total. The summed E-state index contributed by atoms with van der Waals surface area (Å²) in [6.45, 7) is 3.13. The van der Waals surface area contributed by atoms with Crippen LogP contribution in [0.2, 0.25) is 0 Å². The van der Waals surface area contributed by atoms with E-state index < -0.39 is 38.5 Å². The number of hydrazine groups is 1. The van der Waals surface area contributed by atoms with Crippen molar-refractivity contribution >= 4 is 21.8 Å². The lowest BCUT2D eigenvalue weighted by molar-refractivity contribution is -0.140. The summed E-state index contributed by atoms with van der Waals surface area (Å²) >= 11 is 0. The summed E-state index contributed by atoms with van der Waals surface area (Å²) in [6, 6.07) is 3.05. The average Bonchev–Trinajstić information content (AvgIpc) is 2.43. The van der Waals surface area contributed by atoms with Crippen LogP contribution in [0.5, 0.6) is 0 Å². The molecule has 3 N–H and O–H groups in total. The molecule has 128 valence electrons. The van der Waals surface area contributed by atoms with Gasteiger partial charge in [-0.2, -0.15) is 13.2 Å². The Morgan fingerprint density at radius 3 is 2.17 bits per heavy atom. The minimum absolute atomic E-state index is 0.379. The van der Waals surface area contributed by atoms with E-state index >= 15 is 0 Å². The first-order chi connectivity index (χ1) is 10.4. The highest BCUT2D eigenvalue weighted by molar-refractivity contribution is 7.89. The van der Waals surface area contributed by atoms with Gasteiger partial charge in [0.15, 0.2) is 0 Å². The molecule has 1 aromatic rings. The van der Waals surface area contributed by atoms with E-state index in [1.54, 1.807) is 19.3 Å². The van der Waals surface area contributed by atoms with Crippen LogP contribution in [0.25, 0.3) is 0 Å². The summed E-state index contributed by atoms with van der Waals surface area (Å²) in [5.41, 5.74) is 0.154. The smallest absolute Gasteiger partial charge is 0.346 e. The van der Waals surface area contributed by atoms with E-state index in [2.05, 4.69) is 5.32 Å². The van der Waals surface area contributed by atoms with Gasteiger partial charge >= 0.3 is 18.0 Å². The van der Waals surface area contributed by atoms with Crippen molar-refractivity contribution in [2.45, 2.75) is 31.0 Å². The Kier molecular flexibility index (Phi) is 5.72. The average molecular weight is 353 g/mol. The molecule has 0 spiro atoms. The van der Waals surface area contributed by atoms with E-state index in [1.807, 2.05) is 0 Å². The zero-order valence-corrected chi connectivity index (χ0v) is 12.9. The molecule has 0 aliphatic carbocycles. The van der Waals surface area contributed by atoms with Crippen LogP contribution in [-0.4, -0.2) is 26.3 Å². The topological polar surface area (TPSA) is 104 Å². The molecule has 0 saturated heterocycles. The van der Waals surface area contributed by atoms with Crippen LogP contribution < -0.4 is 15.6 Å². The Morgan fingerprint density at radius 2 is 1.65 bits per heavy atom. The molecule has 0 fully saturated rings. The fourth-order valence-electron chi connectivity index (χ4n) is 1.49. The lowest BCUT2D eigenvalue weighted by Gasteiger charge is -2.14. The third kappa shape index (κ3) is 5.21. The number of benzene rings is 1. The lowest BCUT2D eigenvalue weighted by Crippen LogP contribution is -2.49. The third-order valence-electron chi connectivity index (χ3n) is 2.41. The van der Waals surface area contributed by atoms with Crippen LogP contribution in [0.4, 0.5) is 13.2 Å². The van der Waals surface area contributed by atoms with E-state index in [0.717, 1.165) is 18.2 Å². The van der Waals surface area contributed by atoms with Crippen molar-refractivity contribution in [1.29, 1.82) is 0 Å². The van der Waals surface area contributed by atoms with Crippen LogP contribution >= 0.6 is 0 Å². The van der Waals surface area contributed by atoms with Gasteiger partial charge in [0.05, 0.1) is 10.5 Å². The predicted molar refractivity (Wildman–Crippen MR) is 73.2 cm³/mol. The molecule has 23 heavy (non-hydrogen) atoms. The van der Waals surface area contributed by atoms with Crippen LogP contribution in [0, 0.1) is 0 Å². The monoisotopic (exact) mass is 353 g/mol. The highest BCUT2D eigenvalue weighted by Crippen LogP contribution is 2.33. The molecule has 0 atom stereocenters. The van der Waals surface area contributed by atoms with Crippen molar-refractivity contribution in [3.8, 4) is 0 Å². The number of hydrogen-bond acceptors (Lipinski definition) is 4. The van der Waals surface area contributed by atoms with Gasteiger partial charge in [-0.3, -0.25) is 15.0 Å². The Balaban J connectivity index is 2.94. The van der Waals surface area contributed by atoms with Crippen LogP contribution in [-0.2, 0) is 25.8 Å². The maximum Gasteiger partial charge on any atom is 0.417 e. The Bertz CT molecular complexity index is 702. The summed E-state index contributed by atoms with van der Waals surface area (Å²) in [4.78, 5) is 23.0. The van der Waals surface area contributed by atoms with Crippen molar-refractivity contribution in [3.63, 3.8) is 0 Å². The summed E-state index contributed by atoms with van der Waals surface area (Å²) < 4.78 is 62.2. The van der Waals surface area contributed by atoms with Crippen molar-refractivity contribution in [2.24, 2.45) is 0 Å². The minimum Gasteiger partial charge on any atom is -0.346 e. The van der Waals surface area contributed by atoms with E-state index in [-0.39, 0.29) is 6.04 Å². The number of sulfonamides is 1. The molecule has 0 aromatic heterocycles. The first-order valence-corrected chi connectivity index (χ1v) is 7.72. The van der Waals surface area contributed by atoms with Gasteiger partial charge in [-0.25, -0.2) is 8.42 Å². The first-order valence-electron chi connectivity index (χ1n) is 6.24. The molecule has 11 heteroatoms. The van der Waals surface area contributed by atoms with Gasteiger partial charge < -0.3 is 5.32 Å². The molecule has 0 aliphatic rings. The summed E-state index contributed by atoms with van der Waals surface area (Å²) in [5, 5.41) is 2.19. The normalized spacial score (nSPS) is 12.1. The molecule has 0 bridgehead atoms. The lowest BCUT2D eigenvalue weighted by atomic mass is 10.2. The third-order valence-corrected chi connectivity index (χ3v) is 3.71. The zero-order valence-electron chi connectivity index (χ0n) is 12.1. The second-order valence-electron chi connectivity index (χ2n) is 4.68. The SMILES string of the molecule is CC(C)NC(=O)C(=O)NNS(=O)(=O)c1ccccc1C(F)(F)F. The maximum absolute atomic E-state index is 12.8. The number of halogens is 3. The zero-order chi connectivity index (χ0) is 17.8. The molecule has 1 rings (SSSR count). The van der Waals surface area contributed by atoms with E-state index in [4.69, 9.17) is 0 Å². The van der Waals surface area contributed by atoms with Crippen LogP contribution in [0.1, 0.15) is 19.4 Å². The Morgan fingerprint density at radius 1 is 1.09 bits per heavy atom. The number of carbonyl (C=O) groups is 2. The molecule has 0 aliphatic heterocycles. The van der Waals surface area contributed by atoms with Gasteiger partial charge in [0.25, 0.3) is 10.0 Å². The molecule has 2 amide bonds. The fraction of sp³-hybridized carbons (Fsp3) is 0.333.